The molecule has 0 N–H and O–H groups in total. The van der Waals surface area contributed by atoms with E-state index >= 15 is 0 Å². The van der Waals surface area contributed by atoms with Gasteiger partial charge in [0, 0.05) is 29.7 Å². The van der Waals surface area contributed by atoms with Gasteiger partial charge in [-0.15, -0.1) is 0 Å². The summed E-state index contributed by atoms with van der Waals surface area (Å²) in [5.74, 6) is 0.305. The van der Waals surface area contributed by atoms with Crippen LogP contribution in [-0.4, -0.2) is 9.97 Å². The van der Waals surface area contributed by atoms with Crippen LogP contribution in [-0.2, 0) is 6.42 Å². The molecular weight excluding hydrogens is 196 g/mol. The number of nitrogens with zero attached hydrogens (tertiary/aromatic N) is 2. The predicted molar refractivity (Wildman–Crippen MR) is 65.4 cm³/mol. The summed E-state index contributed by atoms with van der Waals surface area (Å²) < 4.78 is 0. The maximum atomic E-state index is 4.42. The Kier molecular flexibility index (Phi) is 3.30. The minimum atomic E-state index is 0.305. The molecule has 0 amide bonds. The molecule has 0 fully saturated rings. The van der Waals surface area contributed by atoms with E-state index in [0.29, 0.717) is 5.92 Å². The molecule has 2 heteroatoms. The van der Waals surface area contributed by atoms with Gasteiger partial charge in [0.25, 0.3) is 0 Å². The molecule has 0 saturated heterocycles. The Bertz CT molecular complexity index is 434. The Morgan fingerprint density at radius 2 is 2.00 bits per heavy atom. The lowest BCUT2D eigenvalue weighted by Gasteiger charge is -2.10. The normalized spacial score (nSPS) is 12.4. The van der Waals surface area contributed by atoms with E-state index in [-0.39, 0.29) is 0 Å². The predicted octanol–water partition coefficient (Wildman–Crippen LogP) is 3.19. The van der Waals surface area contributed by atoms with Crippen LogP contribution < -0.4 is 0 Å². The standard InChI is InChI=1S/C14H16N2/c1-3-13-8-7-12(10-16-13)11(2)14-6-4-5-9-15-14/h4-11H,3H2,1-2H3/t11-/m0/s1. The fraction of sp³-hybridized carbons (Fsp3) is 0.286. The number of hydrogen-bond donors (Lipinski definition) is 0. The molecule has 2 aromatic heterocycles. The van der Waals surface area contributed by atoms with Crippen LogP contribution in [0.4, 0.5) is 0 Å². The van der Waals surface area contributed by atoms with Crippen molar-refractivity contribution >= 4 is 0 Å². The largest absolute Gasteiger partial charge is 0.261 e. The first-order valence-corrected chi connectivity index (χ1v) is 5.67. The van der Waals surface area contributed by atoms with Crippen molar-refractivity contribution in [2.75, 3.05) is 0 Å². The van der Waals surface area contributed by atoms with Crippen molar-refractivity contribution in [1.82, 2.24) is 9.97 Å². The van der Waals surface area contributed by atoms with Gasteiger partial charge >= 0.3 is 0 Å². The maximum absolute atomic E-state index is 4.42. The second-order valence-corrected chi connectivity index (χ2v) is 3.91. The first-order chi connectivity index (χ1) is 7.81. The van der Waals surface area contributed by atoms with Gasteiger partial charge in [-0.05, 0) is 30.2 Å². The van der Waals surface area contributed by atoms with Crippen LogP contribution in [0.15, 0.2) is 42.7 Å². The number of aromatic nitrogens is 2. The van der Waals surface area contributed by atoms with Crippen molar-refractivity contribution < 1.29 is 0 Å². The number of hydrogen-bond acceptors (Lipinski definition) is 2. The summed E-state index contributed by atoms with van der Waals surface area (Å²) in [6, 6.07) is 10.2. The molecule has 0 aliphatic heterocycles. The van der Waals surface area contributed by atoms with E-state index in [2.05, 4.69) is 42.0 Å². The maximum Gasteiger partial charge on any atom is 0.0476 e. The Hall–Kier alpha value is -1.70. The van der Waals surface area contributed by atoms with Gasteiger partial charge < -0.3 is 0 Å². The van der Waals surface area contributed by atoms with Gasteiger partial charge in [-0.1, -0.05) is 26.0 Å². The number of rotatable bonds is 3. The summed E-state index contributed by atoms with van der Waals surface area (Å²) in [6.07, 6.45) is 4.77. The summed E-state index contributed by atoms with van der Waals surface area (Å²) in [7, 11) is 0. The molecule has 0 aromatic carbocycles. The minimum absolute atomic E-state index is 0.305. The molecule has 0 bridgehead atoms. The second-order valence-electron chi connectivity index (χ2n) is 3.91. The Labute approximate surface area is 96.4 Å². The summed E-state index contributed by atoms with van der Waals surface area (Å²) in [4.78, 5) is 8.79. The highest BCUT2D eigenvalue weighted by Crippen LogP contribution is 2.21. The lowest BCUT2D eigenvalue weighted by molar-refractivity contribution is 0.857. The Balaban J connectivity index is 2.24. The minimum Gasteiger partial charge on any atom is -0.261 e. The van der Waals surface area contributed by atoms with Crippen molar-refractivity contribution in [2.45, 2.75) is 26.2 Å². The highest BCUT2D eigenvalue weighted by atomic mass is 14.7. The molecule has 0 saturated carbocycles. The van der Waals surface area contributed by atoms with Crippen LogP contribution >= 0.6 is 0 Å². The molecule has 0 radical (unpaired) electrons. The van der Waals surface area contributed by atoms with Crippen molar-refractivity contribution in [3.8, 4) is 0 Å². The van der Waals surface area contributed by atoms with Crippen molar-refractivity contribution in [1.29, 1.82) is 0 Å². The monoisotopic (exact) mass is 212 g/mol. The van der Waals surface area contributed by atoms with Gasteiger partial charge in [0.15, 0.2) is 0 Å². The van der Waals surface area contributed by atoms with Crippen LogP contribution in [0.2, 0.25) is 0 Å². The average Bonchev–Trinajstić information content (AvgIpc) is 2.39. The third-order valence-corrected chi connectivity index (χ3v) is 2.84. The van der Waals surface area contributed by atoms with Crippen molar-refractivity contribution in [3.63, 3.8) is 0 Å². The highest BCUT2D eigenvalue weighted by Gasteiger charge is 2.09. The molecule has 2 aromatic rings. The molecule has 82 valence electrons. The summed E-state index contributed by atoms with van der Waals surface area (Å²) in [6.45, 7) is 4.27. The Morgan fingerprint density at radius 3 is 2.56 bits per heavy atom. The third-order valence-electron chi connectivity index (χ3n) is 2.84. The molecule has 1 atom stereocenters. The van der Waals surface area contributed by atoms with Crippen LogP contribution in [0, 0.1) is 0 Å². The van der Waals surface area contributed by atoms with E-state index in [1.54, 1.807) is 0 Å². The molecule has 0 spiro atoms. The molecule has 0 aliphatic carbocycles. The van der Waals surface area contributed by atoms with E-state index in [0.717, 1.165) is 17.8 Å². The van der Waals surface area contributed by atoms with Gasteiger partial charge in [-0.2, -0.15) is 0 Å². The highest BCUT2D eigenvalue weighted by molar-refractivity contribution is 5.26. The molecule has 0 unspecified atom stereocenters. The summed E-state index contributed by atoms with van der Waals surface area (Å²) in [5.41, 5.74) is 3.45. The molecular formula is C14H16N2. The number of pyridine rings is 2. The quantitative estimate of drug-likeness (QED) is 0.780. The zero-order valence-electron chi connectivity index (χ0n) is 9.72. The molecule has 2 heterocycles. The van der Waals surface area contributed by atoms with Crippen LogP contribution in [0.3, 0.4) is 0 Å². The zero-order chi connectivity index (χ0) is 11.4. The van der Waals surface area contributed by atoms with Gasteiger partial charge in [0.2, 0.25) is 0 Å². The van der Waals surface area contributed by atoms with E-state index in [9.17, 15) is 0 Å². The second kappa shape index (κ2) is 4.88. The first kappa shape index (κ1) is 10.8. The van der Waals surface area contributed by atoms with Gasteiger partial charge in [0.05, 0.1) is 0 Å². The zero-order valence-corrected chi connectivity index (χ0v) is 9.72. The number of aryl methyl sites for hydroxylation is 1. The SMILES string of the molecule is CCc1ccc([C@H](C)c2ccccn2)cn1. The van der Waals surface area contributed by atoms with Crippen molar-refractivity contribution in [3.05, 3.63) is 59.7 Å². The van der Waals surface area contributed by atoms with Gasteiger partial charge in [0.1, 0.15) is 0 Å². The van der Waals surface area contributed by atoms with Crippen LogP contribution in [0.25, 0.3) is 0 Å². The van der Waals surface area contributed by atoms with Crippen LogP contribution in [0.5, 0.6) is 0 Å². The molecule has 2 nitrogen and oxygen atoms in total. The smallest absolute Gasteiger partial charge is 0.0476 e. The topological polar surface area (TPSA) is 25.8 Å². The van der Waals surface area contributed by atoms with E-state index in [1.807, 2.05) is 24.5 Å². The van der Waals surface area contributed by atoms with E-state index in [1.165, 1.54) is 5.56 Å². The van der Waals surface area contributed by atoms with Crippen LogP contribution in [0.1, 0.15) is 36.7 Å². The third kappa shape index (κ3) is 2.27. The lowest BCUT2D eigenvalue weighted by Crippen LogP contribution is -1.99. The van der Waals surface area contributed by atoms with Crippen molar-refractivity contribution in [2.24, 2.45) is 0 Å². The van der Waals surface area contributed by atoms with E-state index < -0.39 is 0 Å². The van der Waals surface area contributed by atoms with E-state index in [4.69, 9.17) is 0 Å². The summed E-state index contributed by atoms with van der Waals surface area (Å²) >= 11 is 0. The fourth-order valence-electron chi connectivity index (χ4n) is 1.70. The molecule has 0 aliphatic rings. The lowest BCUT2D eigenvalue weighted by atomic mass is 9.98. The van der Waals surface area contributed by atoms with Gasteiger partial charge in [-0.25, -0.2) is 0 Å². The fourth-order valence-corrected chi connectivity index (χ4v) is 1.70. The Morgan fingerprint density at radius 1 is 1.12 bits per heavy atom. The summed E-state index contributed by atoms with van der Waals surface area (Å²) in [5, 5.41) is 0. The van der Waals surface area contributed by atoms with Gasteiger partial charge in [-0.3, -0.25) is 9.97 Å². The average molecular weight is 212 g/mol. The first-order valence-electron chi connectivity index (χ1n) is 5.67. The molecule has 2 rings (SSSR count). The molecule has 16 heavy (non-hydrogen) atoms.